The lowest BCUT2D eigenvalue weighted by atomic mass is 10.00. The highest BCUT2D eigenvalue weighted by Gasteiger charge is 2.39. The van der Waals surface area contributed by atoms with Crippen molar-refractivity contribution >= 4 is 21.7 Å². The minimum absolute atomic E-state index is 0.0228. The van der Waals surface area contributed by atoms with Crippen LogP contribution in [-0.2, 0) is 20.8 Å². The minimum Gasteiger partial charge on any atom is -0.347 e. The zero-order chi connectivity index (χ0) is 24.7. The predicted octanol–water partition coefficient (Wildman–Crippen LogP) is 3.98. The molecule has 34 heavy (non-hydrogen) atoms. The maximum absolute atomic E-state index is 13.2. The molecule has 2 aromatic carbocycles. The number of sulfone groups is 1. The largest absolute Gasteiger partial charge is 0.416 e. The summed E-state index contributed by atoms with van der Waals surface area (Å²) in [6.07, 6.45) is -0.592. The van der Waals surface area contributed by atoms with Gasteiger partial charge in [-0.1, -0.05) is 18.2 Å². The molecule has 0 radical (unpaired) electrons. The van der Waals surface area contributed by atoms with E-state index in [0.29, 0.717) is 24.9 Å². The van der Waals surface area contributed by atoms with Gasteiger partial charge >= 0.3 is 6.18 Å². The molecule has 1 aliphatic carbocycles. The molecule has 1 N–H and O–H groups in total. The van der Waals surface area contributed by atoms with E-state index in [0.717, 1.165) is 31.2 Å². The molecule has 0 spiro atoms. The van der Waals surface area contributed by atoms with Crippen LogP contribution in [0.2, 0.25) is 0 Å². The number of nitrogens with one attached hydrogen (secondary N) is 1. The van der Waals surface area contributed by atoms with Crippen LogP contribution in [0.15, 0.2) is 53.4 Å². The van der Waals surface area contributed by atoms with Crippen LogP contribution < -0.4 is 5.32 Å². The van der Waals surface area contributed by atoms with Crippen molar-refractivity contribution in [3.05, 3.63) is 65.2 Å². The first kappa shape index (κ1) is 24.3. The van der Waals surface area contributed by atoms with Crippen molar-refractivity contribution in [2.75, 3.05) is 12.8 Å². The average Bonchev–Trinajstić information content (AvgIpc) is 3.51. The quantitative estimate of drug-likeness (QED) is 0.659. The van der Waals surface area contributed by atoms with Crippen LogP contribution in [0.25, 0.3) is 0 Å². The Kier molecular flexibility index (Phi) is 6.46. The maximum Gasteiger partial charge on any atom is 0.416 e. The lowest BCUT2D eigenvalue weighted by Crippen LogP contribution is -2.47. The number of carbonyl (C=O) groups excluding carboxylic acids is 2. The summed E-state index contributed by atoms with van der Waals surface area (Å²) in [6, 6.07) is 9.35. The van der Waals surface area contributed by atoms with E-state index < -0.39 is 39.6 Å². The molecule has 2 fully saturated rings. The van der Waals surface area contributed by atoms with Gasteiger partial charge in [0.15, 0.2) is 9.84 Å². The van der Waals surface area contributed by atoms with E-state index in [4.69, 9.17) is 0 Å². The van der Waals surface area contributed by atoms with Gasteiger partial charge in [-0.05, 0) is 67.5 Å². The second kappa shape index (κ2) is 9.05. The zero-order valence-electron chi connectivity index (χ0n) is 18.5. The van der Waals surface area contributed by atoms with Gasteiger partial charge in [-0.3, -0.25) is 9.59 Å². The number of rotatable bonds is 6. The molecule has 2 aliphatic rings. The van der Waals surface area contributed by atoms with Crippen molar-refractivity contribution in [2.24, 2.45) is 5.92 Å². The third-order valence-corrected chi connectivity index (χ3v) is 7.42. The van der Waals surface area contributed by atoms with E-state index in [1.54, 1.807) is 0 Å². The number of alkyl halides is 3. The second-order valence-electron chi connectivity index (χ2n) is 8.90. The molecule has 6 nitrogen and oxygen atoms in total. The van der Waals surface area contributed by atoms with Crippen molar-refractivity contribution in [3.63, 3.8) is 0 Å². The van der Waals surface area contributed by atoms with Gasteiger partial charge in [0, 0.05) is 18.4 Å². The Morgan fingerprint density at radius 1 is 1.06 bits per heavy atom. The average molecular weight is 495 g/mol. The number of nitrogens with zero attached hydrogens (tertiary/aromatic N) is 1. The van der Waals surface area contributed by atoms with Gasteiger partial charge in [0.2, 0.25) is 5.91 Å². The van der Waals surface area contributed by atoms with Gasteiger partial charge in [0.1, 0.15) is 6.04 Å². The molecule has 1 saturated carbocycles. The topological polar surface area (TPSA) is 83.6 Å². The Morgan fingerprint density at radius 2 is 1.74 bits per heavy atom. The predicted molar refractivity (Wildman–Crippen MR) is 119 cm³/mol. The molecule has 1 heterocycles. The number of benzene rings is 2. The van der Waals surface area contributed by atoms with Gasteiger partial charge < -0.3 is 10.2 Å². The normalized spacial score (nSPS) is 19.6. The Bertz CT molecular complexity index is 1190. The van der Waals surface area contributed by atoms with E-state index in [-0.39, 0.29) is 22.3 Å². The molecule has 10 heteroatoms. The van der Waals surface area contributed by atoms with Crippen molar-refractivity contribution in [1.29, 1.82) is 0 Å². The molecular formula is C24H25F3N2O4S. The summed E-state index contributed by atoms with van der Waals surface area (Å²) in [4.78, 5) is 27.8. The SMILES string of the molecule is CS(=O)(=O)c1cccc(C(=O)N2CCC[C@@H]2C(=O)NC(c2ccc(C(F)(F)F)cc2)C2CC2)c1. The summed E-state index contributed by atoms with van der Waals surface area (Å²) >= 11 is 0. The Labute approximate surface area is 196 Å². The molecule has 1 unspecified atom stereocenters. The molecule has 182 valence electrons. The van der Waals surface area contributed by atoms with Crippen LogP contribution in [0, 0.1) is 5.92 Å². The van der Waals surface area contributed by atoms with Crippen LogP contribution in [0.4, 0.5) is 13.2 Å². The van der Waals surface area contributed by atoms with Crippen molar-refractivity contribution < 1.29 is 31.2 Å². The summed E-state index contributed by atoms with van der Waals surface area (Å²) in [5.74, 6) is -0.653. The molecular weight excluding hydrogens is 469 g/mol. The maximum atomic E-state index is 13.2. The smallest absolute Gasteiger partial charge is 0.347 e. The second-order valence-corrected chi connectivity index (χ2v) is 10.9. The number of hydrogen-bond donors (Lipinski definition) is 1. The van der Waals surface area contributed by atoms with Gasteiger partial charge in [-0.25, -0.2) is 8.42 Å². The fourth-order valence-electron chi connectivity index (χ4n) is 4.34. The summed E-state index contributed by atoms with van der Waals surface area (Å²) in [5, 5.41) is 2.96. The van der Waals surface area contributed by atoms with Gasteiger partial charge in [-0.15, -0.1) is 0 Å². The van der Waals surface area contributed by atoms with E-state index >= 15 is 0 Å². The number of likely N-dealkylation sites (tertiary alicyclic amines) is 1. The molecule has 4 rings (SSSR count). The molecule has 2 atom stereocenters. The summed E-state index contributed by atoms with van der Waals surface area (Å²) in [5.41, 5.74) is 0.0331. The van der Waals surface area contributed by atoms with Crippen LogP contribution in [0.1, 0.15) is 53.2 Å². The van der Waals surface area contributed by atoms with Gasteiger partial charge in [0.05, 0.1) is 16.5 Å². The van der Waals surface area contributed by atoms with E-state index in [9.17, 15) is 31.2 Å². The monoisotopic (exact) mass is 494 g/mol. The van der Waals surface area contributed by atoms with E-state index in [1.807, 2.05) is 0 Å². The third-order valence-electron chi connectivity index (χ3n) is 6.31. The molecule has 2 amide bonds. The third kappa shape index (κ3) is 5.27. The van der Waals surface area contributed by atoms with Crippen LogP contribution in [-0.4, -0.2) is 44.0 Å². The Balaban J connectivity index is 1.51. The first-order valence-corrected chi connectivity index (χ1v) is 12.9. The van der Waals surface area contributed by atoms with Gasteiger partial charge in [0.25, 0.3) is 5.91 Å². The summed E-state index contributed by atoms with van der Waals surface area (Å²) < 4.78 is 62.4. The zero-order valence-corrected chi connectivity index (χ0v) is 19.3. The molecule has 1 saturated heterocycles. The highest BCUT2D eigenvalue weighted by Crippen LogP contribution is 2.42. The molecule has 2 aromatic rings. The molecule has 1 aliphatic heterocycles. The molecule has 0 aromatic heterocycles. The first-order chi connectivity index (χ1) is 15.9. The van der Waals surface area contributed by atoms with Crippen molar-refractivity contribution in [2.45, 2.75) is 48.8 Å². The number of carbonyl (C=O) groups is 2. The molecule has 0 bridgehead atoms. The van der Waals surface area contributed by atoms with Gasteiger partial charge in [-0.2, -0.15) is 13.2 Å². The summed E-state index contributed by atoms with van der Waals surface area (Å²) in [7, 11) is -3.49. The lowest BCUT2D eigenvalue weighted by Gasteiger charge is -2.27. The van der Waals surface area contributed by atoms with Crippen LogP contribution >= 0.6 is 0 Å². The number of halogens is 3. The van der Waals surface area contributed by atoms with E-state index in [1.165, 1.54) is 41.3 Å². The highest BCUT2D eigenvalue weighted by atomic mass is 32.2. The number of hydrogen-bond acceptors (Lipinski definition) is 4. The van der Waals surface area contributed by atoms with E-state index in [2.05, 4.69) is 5.32 Å². The lowest BCUT2D eigenvalue weighted by molar-refractivity contribution is -0.137. The first-order valence-electron chi connectivity index (χ1n) is 11.0. The Hall–Kier alpha value is -2.88. The number of amides is 2. The minimum atomic E-state index is -4.43. The Morgan fingerprint density at radius 3 is 2.32 bits per heavy atom. The fourth-order valence-corrected chi connectivity index (χ4v) is 5.01. The fraction of sp³-hybridized carbons (Fsp3) is 0.417. The standard InChI is InChI=1S/C24H25F3N2O4S/c1-34(32,33)19-5-2-4-17(14-19)23(31)29-13-3-6-20(29)22(30)28-21(15-7-8-15)16-9-11-18(12-10-16)24(25,26)27/h2,4-5,9-12,14-15,20-21H,3,6-8,13H2,1H3,(H,28,30)/t20-,21?/m1/s1. The van der Waals surface area contributed by atoms with Crippen molar-refractivity contribution in [1.82, 2.24) is 10.2 Å². The van der Waals surface area contributed by atoms with Crippen LogP contribution in [0.5, 0.6) is 0 Å². The summed E-state index contributed by atoms with van der Waals surface area (Å²) in [6.45, 7) is 0.356. The van der Waals surface area contributed by atoms with Crippen LogP contribution in [0.3, 0.4) is 0 Å². The highest BCUT2D eigenvalue weighted by molar-refractivity contribution is 7.90. The van der Waals surface area contributed by atoms with Crippen molar-refractivity contribution in [3.8, 4) is 0 Å².